The second kappa shape index (κ2) is 8.77. The molecule has 7 heteroatoms. The van der Waals surface area contributed by atoms with Crippen LogP contribution in [0.25, 0.3) is 11.0 Å². The van der Waals surface area contributed by atoms with E-state index in [0.717, 1.165) is 17.5 Å². The van der Waals surface area contributed by atoms with E-state index in [1.807, 2.05) is 38.1 Å². The number of H-pyrrole nitrogens is 1. The molecule has 0 saturated carbocycles. The summed E-state index contributed by atoms with van der Waals surface area (Å²) in [5.41, 5.74) is 2.20. The van der Waals surface area contributed by atoms with Gasteiger partial charge in [0, 0.05) is 5.56 Å². The molecular formula is C20H22ClN3O3. The molecule has 0 aliphatic rings. The zero-order valence-corrected chi connectivity index (χ0v) is 16.1. The van der Waals surface area contributed by atoms with Crippen LogP contribution in [0.3, 0.4) is 0 Å². The summed E-state index contributed by atoms with van der Waals surface area (Å²) in [5, 5.41) is 3.20. The summed E-state index contributed by atoms with van der Waals surface area (Å²) in [6.45, 7) is 5.13. The highest BCUT2D eigenvalue weighted by molar-refractivity contribution is 6.32. The Balaban J connectivity index is 1.75. The molecule has 0 radical (unpaired) electrons. The van der Waals surface area contributed by atoms with Crippen LogP contribution in [-0.2, 0) is 6.54 Å². The van der Waals surface area contributed by atoms with Crippen molar-refractivity contribution in [2.45, 2.75) is 26.8 Å². The molecule has 2 N–H and O–H groups in total. The Morgan fingerprint density at radius 3 is 2.78 bits per heavy atom. The van der Waals surface area contributed by atoms with Crippen LogP contribution in [0.2, 0.25) is 5.02 Å². The largest absolute Gasteiger partial charge is 0.490 e. The second-order valence-corrected chi connectivity index (χ2v) is 6.36. The third kappa shape index (κ3) is 4.52. The maximum absolute atomic E-state index is 12.6. The van der Waals surface area contributed by atoms with Crippen molar-refractivity contribution in [3.8, 4) is 11.5 Å². The average molecular weight is 388 g/mol. The summed E-state index contributed by atoms with van der Waals surface area (Å²) < 4.78 is 11.3. The molecule has 1 heterocycles. The first-order valence-electron chi connectivity index (χ1n) is 8.93. The number of hydrogen-bond acceptors (Lipinski definition) is 4. The van der Waals surface area contributed by atoms with E-state index in [9.17, 15) is 4.79 Å². The lowest BCUT2D eigenvalue weighted by molar-refractivity contribution is 0.0949. The minimum absolute atomic E-state index is 0.264. The summed E-state index contributed by atoms with van der Waals surface area (Å²) >= 11 is 6.32. The van der Waals surface area contributed by atoms with Crippen LogP contribution in [-0.4, -0.2) is 29.1 Å². The molecule has 6 nitrogen and oxygen atoms in total. The maximum atomic E-state index is 12.6. The molecule has 1 amide bonds. The van der Waals surface area contributed by atoms with Crippen molar-refractivity contribution >= 4 is 28.5 Å². The summed E-state index contributed by atoms with van der Waals surface area (Å²) in [6, 6.07) is 10.9. The van der Waals surface area contributed by atoms with Gasteiger partial charge < -0.3 is 19.8 Å². The zero-order chi connectivity index (χ0) is 19.2. The summed E-state index contributed by atoms with van der Waals surface area (Å²) in [5.74, 6) is 1.35. The van der Waals surface area contributed by atoms with Gasteiger partial charge in [-0.25, -0.2) is 4.98 Å². The van der Waals surface area contributed by atoms with Gasteiger partial charge in [0.2, 0.25) is 0 Å². The van der Waals surface area contributed by atoms with E-state index in [1.54, 1.807) is 12.1 Å². The molecule has 27 heavy (non-hydrogen) atoms. The first-order chi connectivity index (χ1) is 13.1. The number of amides is 1. The average Bonchev–Trinajstić information content (AvgIpc) is 3.08. The number of imidazole rings is 1. The van der Waals surface area contributed by atoms with E-state index < -0.39 is 0 Å². The number of carbonyl (C=O) groups excluding carboxylic acids is 1. The Morgan fingerprint density at radius 1 is 1.22 bits per heavy atom. The molecule has 0 unspecified atom stereocenters. The van der Waals surface area contributed by atoms with Gasteiger partial charge in [0.15, 0.2) is 11.5 Å². The highest BCUT2D eigenvalue weighted by Crippen LogP contribution is 2.36. The molecule has 1 aromatic heterocycles. The molecule has 0 saturated heterocycles. The van der Waals surface area contributed by atoms with Crippen molar-refractivity contribution in [2.75, 3.05) is 13.2 Å². The smallest absolute Gasteiger partial charge is 0.251 e. The van der Waals surface area contributed by atoms with E-state index in [0.29, 0.717) is 41.1 Å². The van der Waals surface area contributed by atoms with Gasteiger partial charge in [0.05, 0.1) is 35.8 Å². The van der Waals surface area contributed by atoms with Crippen molar-refractivity contribution in [1.29, 1.82) is 0 Å². The Hall–Kier alpha value is -2.73. The van der Waals surface area contributed by atoms with Crippen molar-refractivity contribution in [3.05, 3.63) is 52.8 Å². The zero-order valence-electron chi connectivity index (χ0n) is 15.3. The fourth-order valence-corrected chi connectivity index (χ4v) is 2.93. The Labute approximate surface area is 162 Å². The molecule has 2 aromatic carbocycles. The number of fused-ring (bicyclic) bond motifs is 1. The maximum Gasteiger partial charge on any atom is 0.251 e. The summed E-state index contributed by atoms with van der Waals surface area (Å²) in [7, 11) is 0. The molecule has 3 aromatic rings. The number of nitrogens with zero attached hydrogens (tertiary/aromatic N) is 1. The number of nitrogens with one attached hydrogen (secondary N) is 2. The van der Waals surface area contributed by atoms with E-state index in [1.165, 1.54) is 0 Å². The minimum Gasteiger partial charge on any atom is -0.490 e. The van der Waals surface area contributed by atoms with Gasteiger partial charge in [-0.2, -0.15) is 0 Å². The Morgan fingerprint density at radius 2 is 2.04 bits per heavy atom. The lowest BCUT2D eigenvalue weighted by atomic mass is 10.2. The van der Waals surface area contributed by atoms with Gasteiger partial charge >= 0.3 is 0 Å². The van der Waals surface area contributed by atoms with Gasteiger partial charge in [-0.15, -0.1) is 0 Å². The van der Waals surface area contributed by atoms with Crippen molar-refractivity contribution in [1.82, 2.24) is 15.3 Å². The number of rotatable bonds is 8. The van der Waals surface area contributed by atoms with Crippen LogP contribution in [0.5, 0.6) is 11.5 Å². The third-order valence-corrected chi connectivity index (χ3v) is 4.16. The van der Waals surface area contributed by atoms with Gasteiger partial charge in [-0.05, 0) is 37.6 Å². The molecule has 0 atom stereocenters. The number of halogens is 1. The Bertz CT molecular complexity index is 906. The van der Waals surface area contributed by atoms with Crippen molar-refractivity contribution in [2.24, 2.45) is 0 Å². The predicted octanol–water partition coefficient (Wildman–Crippen LogP) is 4.33. The third-order valence-electron chi connectivity index (χ3n) is 3.88. The van der Waals surface area contributed by atoms with Crippen LogP contribution in [0, 0.1) is 0 Å². The molecule has 0 fully saturated rings. The van der Waals surface area contributed by atoms with E-state index in [-0.39, 0.29) is 12.5 Å². The van der Waals surface area contributed by atoms with Gasteiger partial charge in [-0.1, -0.05) is 30.7 Å². The normalized spacial score (nSPS) is 10.8. The summed E-state index contributed by atoms with van der Waals surface area (Å²) in [6.07, 6.45) is 0.849. The first-order valence-corrected chi connectivity index (χ1v) is 9.31. The van der Waals surface area contributed by atoms with Crippen LogP contribution >= 0.6 is 11.6 Å². The predicted molar refractivity (Wildman–Crippen MR) is 106 cm³/mol. The summed E-state index contributed by atoms with van der Waals surface area (Å²) in [4.78, 5) is 20.2. The highest BCUT2D eigenvalue weighted by Gasteiger charge is 2.16. The van der Waals surface area contributed by atoms with Gasteiger partial charge in [0.25, 0.3) is 5.91 Å². The van der Waals surface area contributed by atoms with E-state index >= 15 is 0 Å². The SMILES string of the molecule is CCCOc1c(Cl)cc(C(=O)NCc2nc3ccccc3[nH]2)cc1OCC. The quantitative estimate of drug-likeness (QED) is 0.603. The second-order valence-electron chi connectivity index (χ2n) is 5.95. The molecule has 142 valence electrons. The lowest BCUT2D eigenvalue weighted by Gasteiger charge is -2.14. The molecule has 0 aliphatic carbocycles. The van der Waals surface area contributed by atoms with Crippen LogP contribution < -0.4 is 14.8 Å². The number of ether oxygens (including phenoxy) is 2. The number of aromatic nitrogens is 2. The molecule has 3 rings (SSSR count). The van der Waals surface area contributed by atoms with E-state index in [2.05, 4.69) is 15.3 Å². The number of aromatic amines is 1. The standard InChI is InChI=1S/C20H22ClN3O3/c1-3-9-27-19-14(21)10-13(11-17(19)26-4-2)20(25)22-12-18-23-15-7-5-6-8-16(15)24-18/h5-8,10-11H,3-4,9,12H2,1-2H3,(H,22,25)(H,23,24). The number of para-hydroxylation sites is 2. The van der Waals surface area contributed by atoms with Crippen LogP contribution in [0.15, 0.2) is 36.4 Å². The van der Waals surface area contributed by atoms with Crippen LogP contribution in [0.4, 0.5) is 0 Å². The number of carbonyl (C=O) groups is 1. The Kier molecular flexibility index (Phi) is 6.19. The monoisotopic (exact) mass is 387 g/mol. The van der Waals surface area contributed by atoms with Crippen molar-refractivity contribution < 1.29 is 14.3 Å². The first kappa shape index (κ1) is 19.0. The number of benzene rings is 2. The minimum atomic E-state index is -0.264. The van der Waals surface area contributed by atoms with Crippen LogP contribution in [0.1, 0.15) is 36.5 Å². The van der Waals surface area contributed by atoms with Crippen molar-refractivity contribution in [3.63, 3.8) is 0 Å². The fourth-order valence-electron chi connectivity index (χ4n) is 2.66. The van der Waals surface area contributed by atoms with E-state index in [4.69, 9.17) is 21.1 Å². The lowest BCUT2D eigenvalue weighted by Crippen LogP contribution is -2.23. The number of hydrogen-bond donors (Lipinski definition) is 2. The molecule has 0 spiro atoms. The fraction of sp³-hybridized carbons (Fsp3) is 0.300. The highest BCUT2D eigenvalue weighted by atomic mass is 35.5. The molecule has 0 aliphatic heterocycles. The van der Waals surface area contributed by atoms with Gasteiger partial charge in [-0.3, -0.25) is 4.79 Å². The topological polar surface area (TPSA) is 76.2 Å². The molecule has 0 bridgehead atoms. The van der Waals surface area contributed by atoms with Gasteiger partial charge in [0.1, 0.15) is 5.82 Å². The molecular weight excluding hydrogens is 366 g/mol.